The van der Waals surface area contributed by atoms with Crippen molar-refractivity contribution in [3.8, 4) is 0 Å². The standard InChI is InChI=1S/C7H15NO/c1-6(2)4-7(8)5-9-3/h7H,1,4-5,8H2,2-3H3. The van der Waals surface area contributed by atoms with E-state index in [1.807, 2.05) is 6.92 Å². The van der Waals surface area contributed by atoms with Crippen LogP contribution in [0.1, 0.15) is 13.3 Å². The van der Waals surface area contributed by atoms with E-state index in [1.54, 1.807) is 7.11 Å². The Morgan fingerprint density at radius 1 is 1.78 bits per heavy atom. The predicted molar refractivity (Wildman–Crippen MR) is 39.3 cm³/mol. The average molecular weight is 129 g/mol. The zero-order chi connectivity index (χ0) is 7.28. The Bertz CT molecular complexity index is 90.9. The quantitative estimate of drug-likeness (QED) is 0.573. The van der Waals surface area contributed by atoms with Crippen molar-refractivity contribution in [1.82, 2.24) is 0 Å². The lowest BCUT2D eigenvalue weighted by atomic mass is 10.1. The van der Waals surface area contributed by atoms with E-state index in [4.69, 9.17) is 10.5 Å². The highest BCUT2D eigenvalue weighted by Crippen LogP contribution is 1.98. The molecule has 0 aromatic carbocycles. The lowest BCUT2D eigenvalue weighted by Crippen LogP contribution is -2.25. The monoisotopic (exact) mass is 129 g/mol. The average Bonchev–Trinajstić information content (AvgIpc) is 1.63. The van der Waals surface area contributed by atoms with Crippen LogP contribution in [0, 0.1) is 0 Å². The molecule has 0 radical (unpaired) electrons. The van der Waals surface area contributed by atoms with Crippen molar-refractivity contribution in [3.05, 3.63) is 12.2 Å². The van der Waals surface area contributed by atoms with Crippen molar-refractivity contribution >= 4 is 0 Å². The van der Waals surface area contributed by atoms with Crippen LogP contribution in [0.5, 0.6) is 0 Å². The highest BCUT2D eigenvalue weighted by molar-refractivity contribution is 4.91. The lowest BCUT2D eigenvalue weighted by molar-refractivity contribution is 0.180. The van der Waals surface area contributed by atoms with Gasteiger partial charge in [0.15, 0.2) is 0 Å². The van der Waals surface area contributed by atoms with Crippen LogP contribution in [0.25, 0.3) is 0 Å². The third-order valence-corrected chi connectivity index (χ3v) is 0.991. The van der Waals surface area contributed by atoms with Gasteiger partial charge in [0.1, 0.15) is 0 Å². The van der Waals surface area contributed by atoms with Gasteiger partial charge in [0.05, 0.1) is 6.61 Å². The highest BCUT2D eigenvalue weighted by atomic mass is 16.5. The summed E-state index contributed by atoms with van der Waals surface area (Å²) in [5, 5.41) is 0. The maximum atomic E-state index is 5.60. The van der Waals surface area contributed by atoms with Crippen molar-refractivity contribution in [1.29, 1.82) is 0 Å². The predicted octanol–water partition coefficient (Wildman–Crippen LogP) is 0.926. The summed E-state index contributed by atoms with van der Waals surface area (Å²) in [6.07, 6.45) is 0.855. The Hall–Kier alpha value is -0.340. The van der Waals surface area contributed by atoms with E-state index in [9.17, 15) is 0 Å². The molecule has 0 aromatic rings. The van der Waals surface area contributed by atoms with E-state index in [-0.39, 0.29) is 6.04 Å². The van der Waals surface area contributed by atoms with Gasteiger partial charge in [-0.15, -0.1) is 6.58 Å². The summed E-state index contributed by atoms with van der Waals surface area (Å²) in [4.78, 5) is 0. The van der Waals surface area contributed by atoms with Crippen molar-refractivity contribution in [2.75, 3.05) is 13.7 Å². The molecule has 2 nitrogen and oxygen atoms in total. The van der Waals surface area contributed by atoms with Crippen LogP contribution in [0.15, 0.2) is 12.2 Å². The normalized spacial score (nSPS) is 13.2. The summed E-state index contributed by atoms with van der Waals surface area (Å²) < 4.78 is 4.84. The first-order valence-corrected chi connectivity index (χ1v) is 3.05. The van der Waals surface area contributed by atoms with Crippen molar-refractivity contribution in [2.24, 2.45) is 5.73 Å². The first-order valence-electron chi connectivity index (χ1n) is 3.05. The minimum absolute atomic E-state index is 0.118. The molecule has 0 spiro atoms. The molecule has 0 rings (SSSR count). The molecule has 0 bridgehead atoms. The Labute approximate surface area is 56.7 Å². The molecule has 9 heavy (non-hydrogen) atoms. The molecule has 0 aliphatic heterocycles. The molecular weight excluding hydrogens is 114 g/mol. The summed E-state index contributed by atoms with van der Waals surface area (Å²) in [6, 6.07) is 0.118. The maximum Gasteiger partial charge on any atom is 0.0616 e. The third kappa shape index (κ3) is 5.53. The van der Waals surface area contributed by atoms with Gasteiger partial charge in [-0.25, -0.2) is 0 Å². The first-order chi connectivity index (χ1) is 4.16. The number of hydrogen-bond donors (Lipinski definition) is 1. The molecule has 0 saturated carbocycles. The molecule has 54 valence electrons. The third-order valence-electron chi connectivity index (χ3n) is 0.991. The van der Waals surface area contributed by atoms with Crippen LogP contribution >= 0.6 is 0 Å². The van der Waals surface area contributed by atoms with E-state index in [2.05, 4.69) is 6.58 Å². The van der Waals surface area contributed by atoms with Gasteiger partial charge >= 0.3 is 0 Å². The van der Waals surface area contributed by atoms with Crippen molar-refractivity contribution in [3.63, 3.8) is 0 Å². The van der Waals surface area contributed by atoms with Gasteiger partial charge in [-0.1, -0.05) is 5.57 Å². The molecule has 2 heteroatoms. The second kappa shape index (κ2) is 4.53. The Morgan fingerprint density at radius 2 is 2.33 bits per heavy atom. The zero-order valence-electron chi connectivity index (χ0n) is 6.18. The maximum absolute atomic E-state index is 5.60. The number of methoxy groups -OCH3 is 1. The molecule has 0 amide bonds. The molecule has 0 saturated heterocycles. The molecule has 1 unspecified atom stereocenters. The van der Waals surface area contributed by atoms with Gasteiger partial charge in [0.2, 0.25) is 0 Å². The van der Waals surface area contributed by atoms with Crippen LogP contribution in [0.3, 0.4) is 0 Å². The second-order valence-corrected chi connectivity index (χ2v) is 2.38. The zero-order valence-corrected chi connectivity index (χ0v) is 6.18. The number of ether oxygens (including phenoxy) is 1. The summed E-state index contributed by atoms with van der Waals surface area (Å²) >= 11 is 0. The van der Waals surface area contributed by atoms with Crippen molar-refractivity contribution in [2.45, 2.75) is 19.4 Å². The van der Waals surface area contributed by atoms with E-state index in [1.165, 1.54) is 0 Å². The molecule has 0 aliphatic carbocycles. The Kier molecular flexibility index (Phi) is 4.36. The van der Waals surface area contributed by atoms with Crippen LogP contribution in [0.2, 0.25) is 0 Å². The van der Waals surface area contributed by atoms with Crippen LogP contribution < -0.4 is 5.73 Å². The second-order valence-electron chi connectivity index (χ2n) is 2.38. The summed E-state index contributed by atoms with van der Waals surface area (Å²) in [5.41, 5.74) is 6.71. The minimum Gasteiger partial charge on any atom is -0.383 e. The first kappa shape index (κ1) is 8.66. The Balaban J connectivity index is 3.26. The largest absolute Gasteiger partial charge is 0.383 e. The molecule has 2 N–H and O–H groups in total. The fourth-order valence-electron chi connectivity index (χ4n) is 0.721. The van der Waals surface area contributed by atoms with Crippen LogP contribution in [-0.2, 0) is 4.74 Å². The molecule has 0 fully saturated rings. The fraction of sp³-hybridized carbons (Fsp3) is 0.714. The van der Waals surface area contributed by atoms with E-state index in [0.29, 0.717) is 6.61 Å². The number of rotatable bonds is 4. The minimum atomic E-state index is 0.118. The molecule has 0 aliphatic rings. The van der Waals surface area contributed by atoms with Gasteiger partial charge < -0.3 is 10.5 Å². The van der Waals surface area contributed by atoms with Gasteiger partial charge in [-0.2, -0.15) is 0 Å². The molecule has 1 atom stereocenters. The molecule has 0 aromatic heterocycles. The number of nitrogens with two attached hydrogens (primary N) is 1. The smallest absolute Gasteiger partial charge is 0.0616 e. The topological polar surface area (TPSA) is 35.2 Å². The SMILES string of the molecule is C=C(C)CC(N)COC. The van der Waals surface area contributed by atoms with Crippen molar-refractivity contribution < 1.29 is 4.74 Å². The van der Waals surface area contributed by atoms with Crippen LogP contribution in [0.4, 0.5) is 0 Å². The molecule has 0 heterocycles. The van der Waals surface area contributed by atoms with E-state index >= 15 is 0 Å². The fourth-order valence-corrected chi connectivity index (χ4v) is 0.721. The highest BCUT2D eigenvalue weighted by Gasteiger charge is 1.99. The summed E-state index contributed by atoms with van der Waals surface area (Å²) in [7, 11) is 1.65. The van der Waals surface area contributed by atoms with Crippen LogP contribution in [-0.4, -0.2) is 19.8 Å². The summed E-state index contributed by atoms with van der Waals surface area (Å²) in [5.74, 6) is 0. The van der Waals surface area contributed by atoms with E-state index in [0.717, 1.165) is 12.0 Å². The van der Waals surface area contributed by atoms with Gasteiger partial charge in [0.25, 0.3) is 0 Å². The lowest BCUT2D eigenvalue weighted by Gasteiger charge is -2.08. The van der Waals surface area contributed by atoms with Gasteiger partial charge in [-0.3, -0.25) is 0 Å². The van der Waals surface area contributed by atoms with Gasteiger partial charge in [0, 0.05) is 13.2 Å². The summed E-state index contributed by atoms with van der Waals surface area (Å²) in [6.45, 7) is 6.33. The van der Waals surface area contributed by atoms with Gasteiger partial charge in [-0.05, 0) is 13.3 Å². The molecular formula is C7H15NO. The van der Waals surface area contributed by atoms with E-state index < -0.39 is 0 Å². The Morgan fingerprint density at radius 3 is 2.67 bits per heavy atom. The number of hydrogen-bond acceptors (Lipinski definition) is 2.